The molecule has 1 aromatic heterocycles. The summed E-state index contributed by atoms with van der Waals surface area (Å²) >= 11 is 0. The van der Waals surface area contributed by atoms with Crippen LogP contribution in [-0.4, -0.2) is 40.6 Å². The van der Waals surface area contributed by atoms with Gasteiger partial charge in [0, 0.05) is 25.7 Å². The number of hydrogen-bond acceptors (Lipinski definition) is 6. The molecule has 0 amide bonds. The Hall–Kier alpha value is -1.59. The lowest BCUT2D eigenvalue weighted by atomic mass is 9.94. The van der Waals surface area contributed by atoms with Crippen LogP contribution in [0.4, 0.5) is 17.8 Å². The van der Waals surface area contributed by atoms with Crippen LogP contribution in [0.15, 0.2) is 0 Å². The van der Waals surface area contributed by atoms with Crippen molar-refractivity contribution in [1.29, 1.82) is 0 Å². The summed E-state index contributed by atoms with van der Waals surface area (Å²) in [5.74, 6) is 1.74. The standard InChI is InChI=1S/C15H28N6/c1-4-20(5-2)14-17-13(16)18-15(19-14)21(6-3)12-10-8-7-9-11-12/h12H,4-11H2,1-3H3,(H2,16,17,18,19). The fraction of sp³-hybridized carbons (Fsp3) is 0.800. The highest BCUT2D eigenvalue weighted by Gasteiger charge is 2.23. The number of nitrogens with zero attached hydrogens (tertiary/aromatic N) is 5. The van der Waals surface area contributed by atoms with Gasteiger partial charge in [-0.05, 0) is 33.6 Å². The van der Waals surface area contributed by atoms with Crippen LogP contribution in [0, 0.1) is 0 Å². The number of aromatic nitrogens is 3. The van der Waals surface area contributed by atoms with Gasteiger partial charge >= 0.3 is 0 Å². The lowest BCUT2D eigenvalue weighted by Gasteiger charge is -2.34. The highest BCUT2D eigenvalue weighted by atomic mass is 15.4. The molecule has 1 aromatic rings. The van der Waals surface area contributed by atoms with Gasteiger partial charge in [-0.3, -0.25) is 0 Å². The molecule has 0 saturated heterocycles. The zero-order valence-corrected chi connectivity index (χ0v) is 13.5. The minimum absolute atomic E-state index is 0.316. The van der Waals surface area contributed by atoms with Gasteiger partial charge in [0.2, 0.25) is 17.8 Å². The summed E-state index contributed by atoms with van der Waals surface area (Å²) in [6.07, 6.45) is 6.38. The van der Waals surface area contributed by atoms with Crippen molar-refractivity contribution in [2.45, 2.75) is 58.9 Å². The highest BCUT2D eigenvalue weighted by molar-refractivity contribution is 5.44. The fourth-order valence-corrected chi connectivity index (χ4v) is 3.10. The number of nitrogens with two attached hydrogens (primary N) is 1. The van der Waals surface area contributed by atoms with Crippen LogP contribution >= 0.6 is 0 Å². The predicted molar refractivity (Wildman–Crippen MR) is 87.7 cm³/mol. The summed E-state index contributed by atoms with van der Waals surface area (Å²) in [6.45, 7) is 9.01. The van der Waals surface area contributed by atoms with Crippen molar-refractivity contribution >= 4 is 17.8 Å². The van der Waals surface area contributed by atoms with Gasteiger partial charge in [0.25, 0.3) is 0 Å². The lowest BCUT2D eigenvalue weighted by Crippen LogP contribution is -2.38. The monoisotopic (exact) mass is 292 g/mol. The van der Waals surface area contributed by atoms with Gasteiger partial charge in [-0.1, -0.05) is 19.3 Å². The van der Waals surface area contributed by atoms with E-state index in [4.69, 9.17) is 5.73 Å². The summed E-state index contributed by atoms with van der Waals surface area (Å²) in [4.78, 5) is 17.8. The van der Waals surface area contributed by atoms with E-state index >= 15 is 0 Å². The van der Waals surface area contributed by atoms with Gasteiger partial charge in [0.1, 0.15) is 0 Å². The minimum atomic E-state index is 0.316. The van der Waals surface area contributed by atoms with E-state index in [9.17, 15) is 0 Å². The molecule has 0 radical (unpaired) electrons. The van der Waals surface area contributed by atoms with Crippen LogP contribution in [-0.2, 0) is 0 Å². The first kappa shape index (κ1) is 15.8. The second-order valence-corrected chi connectivity index (χ2v) is 5.54. The van der Waals surface area contributed by atoms with E-state index in [0.29, 0.717) is 17.9 Å². The van der Waals surface area contributed by atoms with E-state index in [0.717, 1.165) is 25.6 Å². The lowest BCUT2D eigenvalue weighted by molar-refractivity contribution is 0.414. The zero-order chi connectivity index (χ0) is 15.2. The van der Waals surface area contributed by atoms with Crippen LogP contribution in [0.1, 0.15) is 52.9 Å². The van der Waals surface area contributed by atoms with Gasteiger partial charge in [-0.2, -0.15) is 15.0 Å². The molecule has 21 heavy (non-hydrogen) atoms. The molecule has 6 heteroatoms. The maximum atomic E-state index is 5.91. The van der Waals surface area contributed by atoms with Crippen LogP contribution in [0.5, 0.6) is 0 Å². The summed E-state index contributed by atoms with van der Waals surface area (Å²) in [5.41, 5.74) is 5.91. The molecule has 1 aliphatic carbocycles. The topological polar surface area (TPSA) is 71.2 Å². The third kappa shape index (κ3) is 3.74. The van der Waals surface area contributed by atoms with Gasteiger partial charge in [-0.25, -0.2) is 0 Å². The Bertz CT molecular complexity index is 440. The van der Waals surface area contributed by atoms with E-state index in [1.54, 1.807) is 0 Å². The molecule has 6 nitrogen and oxygen atoms in total. The molecule has 1 heterocycles. The maximum Gasteiger partial charge on any atom is 0.232 e. The second kappa shape index (κ2) is 7.43. The van der Waals surface area contributed by atoms with Gasteiger partial charge in [-0.15, -0.1) is 0 Å². The van der Waals surface area contributed by atoms with E-state index in [1.807, 2.05) is 0 Å². The molecule has 0 bridgehead atoms. The molecule has 0 aliphatic heterocycles. The van der Waals surface area contributed by atoms with Gasteiger partial charge < -0.3 is 15.5 Å². The Labute approximate surface area is 127 Å². The zero-order valence-electron chi connectivity index (χ0n) is 13.5. The smallest absolute Gasteiger partial charge is 0.232 e. The van der Waals surface area contributed by atoms with Crippen LogP contribution in [0.2, 0.25) is 0 Å². The Kier molecular flexibility index (Phi) is 5.59. The summed E-state index contributed by atoms with van der Waals surface area (Å²) in [5, 5.41) is 0. The Morgan fingerprint density at radius 2 is 1.52 bits per heavy atom. The molecule has 0 unspecified atom stereocenters. The molecule has 1 fully saturated rings. The second-order valence-electron chi connectivity index (χ2n) is 5.54. The van der Waals surface area contributed by atoms with Crippen molar-refractivity contribution in [2.75, 3.05) is 35.2 Å². The van der Waals surface area contributed by atoms with E-state index in [-0.39, 0.29) is 0 Å². The molecule has 1 saturated carbocycles. The quantitative estimate of drug-likeness (QED) is 0.868. The third-order valence-corrected chi connectivity index (χ3v) is 4.29. The first-order valence-corrected chi connectivity index (χ1v) is 8.22. The Morgan fingerprint density at radius 1 is 0.905 bits per heavy atom. The van der Waals surface area contributed by atoms with E-state index < -0.39 is 0 Å². The SMILES string of the molecule is CCN(CC)c1nc(N)nc(N(CC)C2CCCCC2)n1. The van der Waals surface area contributed by atoms with Crippen molar-refractivity contribution in [3.63, 3.8) is 0 Å². The molecule has 0 aromatic carbocycles. The predicted octanol–water partition coefficient (Wildman–Crippen LogP) is 2.46. The maximum absolute atomic E-state index is 5.91. The number of hydrogen-bond donors (Lipinski definition) is 1. The molecule has 1 aliphatic rings. The van der Waals surface area contributed by atoms with Crippen LogP contribution in [0.25, 0.3) is 0 Å². The third-order valence-electron chi connectivity index (χ3n) is 4.29. The molecular weight excluding hydrogens is 264 g/mol. The van der Waals surface area contributed by atoms with Crippen molar-refractivity contribution in [3.8, 4) is 0 Å². The molecule has 0 atom stereocenters. The summed E-state index contributed by atoms with van der Waals surface area (Å²) < 4.78 is 0. The van der Waals surface area contributed by atoms with Gasteiger partial charge in [0.05, 0.1) is 0 Å². The van der Waals surface area contributed by atoms with Crippen LogP contribution < -0.4 is 15.5 Å². The van der Waals surface area contributed by atoms with Crippen LogP contribution in [0.3, 0.4) is 0 Å². The van der Waals surface area contributed by atoms with Crippen molar-refractivity contribution in [1.82, 2.24) is 15.0 Å². The number of anilines is 3. The fourth-order valence-electron chi connectivity index (χ4n) is 3.10. The first-order chi connectivity index (χ1) is 10.2. The summed E-state index contributed by atoms with van der Waals surface area (Å²) in [7, 11) is 0. The number of nitrogen functional groups attached to an aromatic ring is 1. The first-order valence-electron chi connectivity index (χ1n) is 8.22. The molecule has 118 valence electrons. The van der Waals surface area contributed by atoms with Gasteiger partial charge in [0.15, 0.2) is 0 Å². The van der Waals surface area contributed by atoms with Crippen molar-refractivity contribution in [3.05, 3.63) is 0 Å². The minimum Gasteiger partial charge on any atom is -0.368 e. The highest BCUT2D eigenvalue weighted by Crippen LogP contribution is 2.26. The number of rotatable bonds is 6. The average Bonchev–Trinajstić information content (AvgIpc) is 2.50. The molecular formula is C15H28N6. The summed E-state index contributed by atoms with van der Waals surface area (Å²) in [6, 6.07) is 0.537. The Balaban J connectivity index is 2.27. The van der Waals surface area contributed by atoms with Crippen molar-refractivity contribution in [2.24, 2.45) is 0 Å². The average molecular weight is 292 g/mol. The van der Waals surface area contributed by atoms with Crippen molar-refractivity contribution < 1.29 is 0 Å². The molecule has 0 spiro atoms. The normalized spacial score (nSPS) is 16.0. The van der Waals surface area contributed by atoms with E-state index in [1.165, 1.54) is 32.1 Å². The molecule has 2 N–H and O–H groups in total. The largest absolute Gasteiger partial charge is 0.368 e. The van der Waals surface area contributed by atoms with E-state index in [2.05, 4.69) is 45.5 Å². The molecule has 2 rings (SSSR count). The Morgan fingerprint density at radius 3 is 2.10 bits per heavy atom.